The Labute approximate surface area is 150 Å². The Hall–Kier alpha value is -0.510. The summed E-state index contributed by atoms with van der Waals surface area (Å²) in [6, 6.07) is 2.76. The standard InChI is InChI=1S/C23H39N/c1-3-5-6-10-22(19-24)11-7-20(8-12-22)23-16-13-21(9-4-2,14-17-23)15-18-23/h20H,3-18H2,1-2H3. The molecule has 4 rings (SSSR count). The number of nitrogens with zero attached hydrogens (tertiary/aromatic N) is 1. The van der Waals surface area contributed by atoms with Gasteiger partial charge in [0.25, 0.3) is 0 Å². The molecule has 0 N–H and O–H groups in total. The lowest BCUT2D eigenvalue weighted by molar-refractivity contribution is -0.0684. The Morgan fingerprint density at radius 2 is 1.42 bits per heavy atom. The van der Waals surface area contributed by atoms with E-state index < -0.39 is 0 Å². The van der Waals surface area contributed by atoms with E-state index in [-0.39, 0.29) is 5.41 Å². The molecule has 0 radical (unpaired) electrons. The van der Waals surface area contributed by atoms with Crippen molar-refractivity contribution in [1.29, 1.82) is 5.26 Å². The highest BCUT2D eigenvalue weighted by molar-refractivity contribution is 5.07. The predicted molar refractivity (Wildman–Crippen MR) is 102 cm³/mol. The first-order valence-electron chi connectivity index (χ1n) is 11.0. The zero-order valence-corrected chi connectivity index (χ0v) is 16.3. The molecule has 4 fully saturated rings. The van der Waals surface area contributed by atoms with E-state index in [9.17, 15) is 5.26 Å². The van der Waals surface area contributed by atoms with Crippen LogP contribution in [0.5, 0.6) is 0 Å². The lowest BCUT2D eigenvalue weighted by Gasteiger charge is -2.58. The summed E-state index contributed by atoms with van der Waals surface area (Å²) in [6.07, 6.45) is 22.0. The molecule has 0 atom stereocenters. The number of fused-ring (bicyclic) bond motifs is 3. The van der Waals surface area contributed by atoms with Gasteiger partial charge in [-0.05, 0) is 93.8 Å². The molecule has 0 heterocycles. The van der Waals surface area contributed by atoms with Crippen molar-refractivity contribution in [2.24, 2.45) is 22.2 Å². The molecular weight excluding hydrogens is 290 g/mol. The minimum Gasteiger partial charge on any atom is -0.198 e. The normalized spacial score (nSPS) is 42.0. The summed E-state index contributed by atoms with van der Waals surface area (Å²) >= 11 is 0. The van der Waals surface area contributed by atoms with Gasteiger partial charge in [0.15, 0.2) is 0 Å². The summed E-state index contributed by atoms with van der Waals surface area (Å²) in [5, 5.41) is 9.81. The second-order valence-corrected chi connectivity index (χ2v) is 9.74. The Morgan fingerprint density at radius 3 is 1.92 bits per heavy atom. The molecule has 0 aromatic heterocycles. The lowest BCUT2D eigenvalue weighted by atomic mass is 9.47. The minimum absolute atomic E-state index is 0.0393. The largest absolute Gasteiger partial charge is 0.198 e. The summed E-state index contributed by atoms with van der Waals surface area (Å²) in [5.74, 6) is 0.935. The van der Waals surface area contributed by atoms with Gasteiger partial charge in [-0.3, -0.25) is 0 Å². The van der Waals surface area contributed by atoms with Crippen molar-refractivity contribution >= 4 is 0 Å². The molecule has 1 nitrogen and oxygen atoms in total. The summed E-state index contributed by atoms with van der Waals surface area (Å²) in [4.78, 5) is 0. The molecular formula is C23H39N. The molecule has 0 aromatic rings. The molecule has 0 aromatic carbocycles. The van der Waals surface area contributed by atoms with Gasteiger partial charge < -0.3 is 0 Å². The van der Waals surface area contributed by atoms with Crippen LogP contribution in [-0.4, -0.2) is 0 Å². The zero-order chi connectivity index (χ0) is 17.1. The Bertz CT molecular complexity index is 425. The second kappa shape index (κ2) is 7.39. The van der Waals surface area contributed by atoms with Crippen LogP contribution >= 0.6 is 0 Å². The second-order valence-electron chi connectivity index (χ2n) is 9.74. The van der Waals surface area contributed by atoms with E-state index in [1.165, 1.54) is 96.3 Å². The van der Waals surface area contributed by atoms with E-state index in [1.807, 2.05) is 0 Å². The smallest absolute Gasteiger partial charge is 0.0689 e. The van der Waals surface area contributed by atoms with Gasteiger partial charge in [0.05, 0.1) is 11.5 Å². The molecule has 0 amide bonds. The van der Waals surface area contributed by atoms with Gasteiger partial charge in [0.2, 0.25) is 0 Å². The summed E-state index contributed by atoms with van der Waals surface area (Å²) < 4.78 is 0. The molecule has 0 saturated heterocycles. The van der Waals surface area contributed by atoms with Crippen molar-refractivity contribution in [3.05, 3.63) is 0 Å². The molecule has 4 aliphatic rings. The highest BCUT2D eigenvalue weighted by Crippen LogP contribution is 2.64. The van der Waals surface area contributed by atoms with Crippen molar-refractivity contribution < 1.29 is 0 Å². The van der Waals surface area contributed by atoms with E-state index in [1.54, 1.807) is 0 Å². The number of hydrogen-bond donors (Lipinski definition) is 0. The molecule has 0 aliphatic heterocycles. The van der Waals surface area contributed by atoms with Crippen LogP contribution in [0.1, 0.15) is 117 Å². The number of unbranched alkanes of at least 4 members (excludes halogenated alkanes) is 2. The van der Waals surface area contributed by atoms with Crippen LogP contribution in [0.2, 0.25) is 0 Å². The first kappa shape index (κ1) is 18.3. The van der Waals surface area contributed by atoms with Crippen molar-refractivity contribution in [3.8, 4) is 6.07 Å². The maximum atomic E-state index is 9.81. The van der Waals surface area contributed by atoms with Crippen LogP contribution in [0.25, 0.3) is 0 Å². The molecule has 4 aliphatic carbocycles. The maximum absolute atomic E-state index is 9.81. The van der Waals surface area contributed by atoms with Gasteiger partial charge in [0, 0.05) is 0 Å². The minimum atomic E-state index is 0.0393. The van der Waals surface area contributed by atoms with E-state index >= 15 is 0 Å². The topological polar surface area (TPSA) is 23.8 Å². The quantitative estimate of drug-likeness (QED) is 0.446. The number of nitriles is 1. The van der Waals surface area contributed by atoms with Crippen LogP contribution in [0.15, 0.2) is 0 Å². The van der Waals surface area contributed by atoms with E-state index in [0.717, 1.165) is 17.8 Å². The van der Waals surface area contributed by atoms with E-state index in [0.29, 0.717) is 5.41 Å². The van der Waals surface area contributed by atoms with Crippen LogP contribution < -0.4 is 0 Å². The van der Waals surface area contributed by atoms with Gasteiger partial charge in [-0.2, -0.15) is 5.26 Å². The monoisotopic (exact) mass is 329 g/mol. The third-order valence-corrected chi connectivity index (χ3v) is 8.54. The fourth-order valence-electron chi connectivity index (χ4n) is 6.72. The molecule has 1 heteroatoms. The van der Waals surface area contributed by atoms with E-state index in [2.05, 4.69) is 19.9 Å². The maximum Gasteiger partial charge on any atom is 0.0689 e. The molecule has 0 spiro atoms. The van der Waals surface area contributed by atoms with Gasteiger partial charge in [-0.15, -0.1) is 0 Å². The molecule has 24 heavy (non-hydrogen) atoms. The average molecular weight is 330 g/mol. The highest BCUT2D eigenvalue weighted by Gasteiger charge is 2.52. The Balaban J connectivity index is 1.57. The van der Waals surface area contributed by atoms with Crippen molar-refractivity contribution in [3.63, 3.8) is 0 Å². The van der Waals surface area contributed by atoms with Crippen molar-refractivity contribution in [1.82, 2.24) is 0 Å². The molecule has 4 saturated carbocycles. The Morgan fingerprint density at radius 1 is 0.792 bits per heavy atom. The summed E-state index contributed by atoms with van der Waals surface area (Å²) in [5.41, 5.74) is 1.46. The molecule has 0 unspecified atom stereocenters. The lowest BCUT2D eigenvalue weighted by Crippen LogP contribution is -2.47. The summed E-state index contributed by atoms with van der Waals surface area (Å²) in [7, 11) is 0. The van der Waals surface area contributed by atoms with Crippen molar-refractivity contribution in [2.45, 2.75) is 117 Å². The first-order valence-corrected chi connectivity index (χ1v) is 11.0. The fraction of sp³-hybridized carbons (Fsp3) is 0.957. The van der Waals surface area contributed by atoms with Crippen LogP contribution in [0.4, 0.5) is 0 Å². The van der Waals surface area contributed by atoms with Crippen LogP contribution in [-0.2, 0) is 0 Å². The first-order chi connectivity index (χ1) is 11.6. The Kier molecular flexibility index (Phi) is 5.63. The van der Waals surface area contributed by atoms with E-state index in [4.69, 9.17) is 0 Å². The predicted octanol–water partition coefficient (Wildman–Crippen LogP) is 7.41. The SMILES string of the molecule is CCCCCC1(C#N)CCC(C23CCC(CCC)(CC2)CC3)CC1. The van der Waals surface area contributed by atoms with Crippen molar-refractivity contribution in [2.75, 3.05) is 0 Å². The molecule has 2 bridgehead atoms. The van der Waals surface area contributed by atoms with Gasteiger partial charge in [-0.1, -0.05) is 39.5 Å². The third-order valence-electron chi connectivity index (χ3n) is 8.54. The van der Waals surface area contributed by atoms with Crippen LogP contribution in [0, 0.1) is 33.5 Å². The fourth-order valence-corrected chi connectivity index (χ4v) is 6.72. The number of rotatable bonds is 7. The average Bonchev–Trinajstić information content (AvgIpc) is 2.64. The van der Waals surface area contributed by atoms with Gasteiger partial charge in [-0.25, -0.2) is 0 Å². The molecule has 136 valence electrons. The number of hydrogen-bond acceptors (Lipinski definition) is 1. The van der Waals surface area contributed by atoms with Crippen LogP contribution in [0.3, 0.4) is 0 Å². The summed E-state index contributed by atoms with van der Waals surface area (Å²) in [6.45, 7) is 4.63. The van der Waals surface area contributed by atoms with Gasteiger partial charge in [0.1, 0.15) is 0 Å². The highest BCUT2D eigenvalue weighted by atomic mass is 14.6. The van der Waals surface area contributed by atoms with Gasteiger partial charge >= 0.3 is 0 Å². The zero-order valence-electron chi connectivity index (χ0n) is 16.3. The third kappa shape index (κ3) is 3.40.